The Morgan fingerprint density at radius 2 is 0.470 bits per heavy atom. The molecule has 0 fully saturated rings. The number of unbranched alkanes of at least 4 members (excludes halogenated alkanes) is 38. The highest BCUT2D eigenvalue weighted by molar-refractivity contribution is 5.71. The fourth-order valence-corrected chi connectivity index (χ4v) is 10.2. The first-order valence-electron chi connectivity index (χ1n) is 35.7. The summed E-state index contributed by atoms with van der Waals surface area (Å²) in [4.78, 5) is 38.3. The van der Waals surface area contributed by atoms with Gasteiger partial charge in [0.15, 0.2) is 6.10 Å². The lowest BCUT2D eigenvalue weighted by Crippen LogP contribution is -2.30. The first-order chi connectivity index (χ1) is 41.0. The van der Waals surface area contributed by atoms with E-state index in [4.69, 9.17) is 14.2 Å². The average molecular weight is 1160 g/mol. The van der Waals surface area contributed by atoms with Gasteiger partial charge in [-0.3, -0.25) is 14.4 Å². The Hall–Kier alpha value is -3.67. The molecule has 0 aromatic carbocycles. The molecule has 0 rings (SSSR count). The van der Waals surface area contributed by atoms with Crippen LogP contribution < -0.4 is 0 Å². The van der Waals surface area contributed by atoms with Gasteiger partial charge < -0.3 is 14.2 Å². The second kappa shape index (κ2) is 70.8. The number of rotatable bonds is 65. The minimum Gasteiger partial charge on any atom is -0.462 e. The highest BCUT2D eigenvalue weighted by atomic mass is 16.6. The van der Waals surface area contributed by atoms with Crippen LogP contribution in [0.3, 0.4) is 0 Å². The summed E-state index contributed by atoms with van der Waals surface area (Å²) in [6.07, 6.45) is 96.0. The molecular weight excluding hydrogens is 1020 g/mol. The summed E-state index contributed by atoms with van der Waals surface area (Å²) in [5.41, 5.74) is 0. The van der Waals surface area contributed by atoms with E-state index in [1.54, 1.807) is 0 Å². The van der Waals surface area contributed by atoms with Crippen molar-refractivity contribution < 1.29 is 28.6 Å². The van der Waals surface area contributed by atoms with Crippen molar-refractivity contribution in [2.24, 2.45) is 0 Å². The standard InChI is InChI=1S/C77H134O6/c1-4-7-10-13-16-19-21-23-25-27-29-31-33-35-36-37-38-39-40-42-43-45-47-49-51-53-55-58-61-64-67-70-76(79)82-73-74(72-81-75(78)69-66-63-60-57-18-15-12-9-6-3)83-77(80)71-68-65-62-59-56-54-52-50-48-46-44-41-34-32-30-28-26-24-22-20-17-14-11-8-5-2/h8,11,17,20,24,26-27,29-30,32,41,44,48,50,54,56,74H,4-7,9-10,12-16,18-19,21-23,25,28,31,33-40,42-43,45-47,49,51-53,55,57-73H2,1-3H3/b11-8-,20-17-,26-24-,29-27-,32-30-,44-41-,50-48-,56-54-. The molecular formula is C77H134O6. The summed E-state index contributed by atoms with van der Waals surface area (Å²) < 4.78 is 16.9. The third kappa shape index (κ3) is 69.0. The first kappa shape index (κ1) is 79.3. The van der Waals surface area contributed by atoms with Crippen molar-refractivity contribution in [2.75, 3.05) is 13.2 Å². The number of carbonyl (C=O) groups excluding carboxylic acids is 3. The fraction of sp³-hybridized carbons (Fsp3) is 0.753. The average Bonchev–Trinajstić information content (AvgIpc) is 3.49. The van der Waals surface area contributed by atoms with Crippen LogP contribution in [-0.2, 0) is 28.6 Å². The van der Waals surface area contributed by atoms with Gasteiger partial charge in [-0.15, -0.1) is 0 Å². The van der Waals surface area contributed by atoms with Gasteiger partial charge in [0.25, 0.3) is 0 Å². The van der Waals surface area contributed by atoms with Gasteiger partial charge in [0.1, 0.15) is 13.2 Å². The van der Waals surface area contributed by atoms with E-state index in [-0.39, 0.29) is 37.5 Å². The summed E-state index contributed by atoms with van der Waals surface area (Å²) in [5.74, 6) is -0.910. The molecule has 0 bridgehead atoms. The smallest absolute Gasteiger partial charge is 0.306 e. The molecule has 0 aromatic heterocycles. The number of esters is 3. The first-order valence-corrected chi connectivity index (χ1v) is 35.7. The molecule has 0 aliphatic heterocycles. The van der Waals surface area contributed by atoms with Gasteiger partial charge in [0.2, 0.25) is 0 Å². The molecule has 83 heavy (non-hydrogen) atoms. The molecule has 0 aromatic rings. The summed E-state index contributed by atoms with van der Waals surface area (Å²) >= 11 is 0. The van der Waals surface area contributed by atoms with Gasteiger partial charge in [-0.1, -0.05) is 330 Å². The van der Waals surface area contributed by atoms with E-state index < -0.39 is 6.10 Å². The Bertz CT molecular complexity index is 1610. The van der Waals surface area contributed by atoms with Crippen molar-refractivity contribution >= 4 is 17.9 Å². The van der Waals surface area contributed by atoms with Crippen LogP contribution >= 0.6 is 0 Å². The molecule has 0 aliphatic carbocycles. The number of carbonyl (C=O) groups is 3. The summed E-state index contributed by atoms with van der Waals surface area (Å²) in [7, 11) is 0. The van der Waals surface area contributed by atoms with Crippen molar-refractivity contribution in [3.63, 3.8) is 0 Å². The fourth-order valence-electron chi connectivity index (χ4n) is 10.2. The highest BCUT2D eigenvalue weighted by Crippen LogP contribution is 2.17. The Morgan fingerprint density at radius 3 is 0.759 bits per heavy atom. The predicted octanol–water partition coefficient (Wildman–Crippen LogP) is 24.8. The van der Waals surface area contributed by atoms with E-state index in [2.05, 4.69) is 118 Å². The quantitative estimate of drug-likeness (QED) is 0.0261. The lowest BCUT2D eigenvalue weighted by atomic mass is 10.0. The van der Waals surface area contributed by atoms with E-state index in [1.807, 2.05) is 0 Å². The van der Waals surface area contributed by atoms with Crippen LogP contribution in [0.15, 0.2) is 97.2 Å². The third-order valence-corrected chi connectivity index (χ3v) is 15.6. The van der Waals surface area contributed by atoms with Crippen LogP contribution in [0.2, 0.25) is 0 Å². The van der Waals surface area contributed by atoms with Crippen molar-refractivity contribution in [2.45, 2.75) is 361 Å². The van der Waals surface area contributed by atoms with Crippen molar-refractivity contribution in [3.8, 4) is 0 Å². The van der Waals surface area contributed by atoms with Gasteiger partial charge >= 0.3 is 17.9 Å². The van der Waals surface area contributed by atoms with E-state index in [0.29, 0.717) is 12.8 Å². The Kier molecular flexibility index (Phi) is 67.7. The molecule has 1 atom stereocenters. The van der Waals surface area contributed by atoms with Gasteiger partial charge in [-0.2, -0.15) is 0 Å². The van der Waals surface area contributed by atoms with Gasteiger partial charge in [0, 0.05) is 19.3 Å². The minimum absolute atomic E-state index is 0.0878. The van der Waals surface area contributed by atoms with Crippen molar-refractivity contribution in [1.82, 2.24) is 0 Å². The van der Waals surface area contributed by atoms with Crippen molar-refractivity contribution in [3.05, 3.63) is 97.2 Å². The molecule has 1 unspecified atom stereocenters. The molecule has 0 N–H and O–H groups in total. The largest absolute Gasteiger partial charge is 0.462 e. The van der Waals surface area contributed by atoms with E-state index in [0.717, 1.165) is 109 Å². The van der Waals surface area contributed by atoms with Crippen LogP contribution in [0.4, 0.5) is 0 Å². The molecule has 6 nitrogen and oxygen atoms in total. The van der Waals surface area contributed by atoms with E-state index in [1.165, 1.54) is 205 Å². The zero-order valence-electron chi connectivity index (χ0n) is 54.9. The third-order valence-electron chi connectivity index (χ3n) is 15.6. The normalized spacial score (nSPS) is 12.7. The predicted molar refractivity (Wildman–Crippen MR) is 362 cm³/mol. The van der Waals surface area contributed by atoms with Crippen LogP contribution in [0, 0.1) is 0 Å². The molecule has 0 heterocycles. The van der Waals surface area contributed by atoms with Gasteiger partial charge in [-0.25, -0.2) is 0 Å². The Morgan fingerprint density at radius 1 is 0.253 bits per heavy atom. The molecule has 0 saturated heterocycles. The molecule has 0 spiro atoms. The van der Waals surface area contributed by atoms with Crippen LogP contribution in [0.5, 0.6) is 0 Å². The molecule has 0 radical (unpaired) electrons. The van der Waals surface area contributed by atoms with E-state index >= 15 is 0 Å². The lowest BCUT2D eigenvalue weighted by Gasteiger charge is -2.18. The maximum absolute atomic E-state index is 12.9. The molecule has 6 heteroatoms. The topological polar surface area (TPSA) is 78.9 Å². The second-order valence-electron chi connectivity index (χ2n) is 23.8. The van der Waals surface area contributed by atoms with Crippen LogP contribution in [0.1, 0.15) is 355 Å². The van der Waals surface area contributed by atoms with Crippen LogP contribution in [0.25, 0.3) is 0 Å². The number of hydrogen-bond donors (Lipinski definition) is 0. The molecule has 0 aliphatic rings. The summed E-state index contributed by atoms with van der Waals surface area (Å²) in [6, 6.07) is 0. The highest BCUT2D eigenvalue weighted by Gasteiger charge is 2.19. The summed E-state index contributed by atoms with van der Waals surface area (Å²) in [5, 5.41) is 0. The van der Waals surface area contributed by atoms with Gasteiger partial charge in [0.05, 0.1) is 0 Å². The van der Waals surface area contributed by atoms with Crippen LogP contribution in [-0.4, -0.2) is 37.2 Å². The maximum atomic E-state index is 12.9. The molecule has 0 saturated carbocycles. The molecule has 478 valence electrons. The zero-order chi connectivity index (χ0) is 59.9. The summed E-state index contributed by atoms with van der Waals surface area (Å²) in [6.45, 7) is 6.52. The SMILES string of the molecule is CC/C=C\C/C=C\C/C=C\C/C=C\C/C=C\C/C=C\C/C=C\CCCCCC(=O)OC(COC(=O)CCCCCCCCCCC)COC(=O)CCCCCCCCCCCCCCCCCCCCC/C=C\CCCCCCCCCC. The number of allylic oxidation sites excluding steroid dienone is 16. The number of hydrogen-bond acceptors (Lipinski definition) is 6. The van der Waals surface area contributed by atoms with Gasteiger partial charge in [-0.05, 0) is 103 Å². The van der Waals surface area contributed by atoms with E-state index in [9.17, 15) is 14.4 Å². The lowest BCUT2D eigenvalue weighted by molar-refractivity contribution is -0.167. The zero-order valence-corrected chi connectivity index (χ0v) is 54.9. The monoisotopic (exact) mass is 1160 g/mol. The maximum Gasteiger partial charge on any atom is 0.306 e. The Balaban J connectivity index is 4.17. The number of ether oxygens (including phenoxy) is 3. The molecule has 0 amide bonds. The minimum atomic E-state index is -0.794. The Labute approximate surface area is 515 Å². The van der Waals surface area contributed by atoms with Crippen molar-refractivity contribution in [1.29, 1.82) is 0 Å². The second-order valence-corrected chi connectivity index (χ2v) is 23.8.